The van der Waals surface area contributed by atoms with Crippen molar-refractivity contribution in [3.05, 3.63) is 236 Å². The lowest BCUT2D eigenvalue weighted by molar-refractivity contribution is 0.309. The Hall–Kier alpha value is -9.39. The monoisotopic (exact) mass is 1670 g/mol. The minimum Gasteiger partial charge on any atom is -0.355 e. The van der Waals surface area contributed by atoms with E-state index < -0.39 is 0 Å². The highest BCUT2D eigenvalue weighted by Gasteiger charge is 2.36. The van der Waals surface area contributed by atoms with Gasteiger partial charge in [0, 0.05) is 135 Å². The Morgan fingerprint density at radius 1 is 0.333 bits per heavy atom. The van der Waals surface area contributed by atoms with Crippen LogP contribution in [-0.2, 0) is 0 Å². The zero-order valence-electron chi connectivity index (χ0n) is 70.1. The summed E-state index contributed by atoms with van der Waals surface area (Å²) in [6, 6.07) is 38.2. The van der Waals surface area contributed by atoms with Gasteiger partial charge in [0.2, 0.25) is 11.9 Å². The zero-order chi connectivity index (χ0) is 82.7. The van der Waals surface area contributed by atoms with Gasteiger partial charge in [-0.25, -0.2) is 24.3 Å². The van der Waals surface area contributed by atoms with E-state index in [0.717, 1.165) is 249 Å². The molecule has 20 heterocycles. The summed E-state index contributed by atoms with van der Waals surface area (Å²) >= 11 is 12.8. The van der Waals surface area contributed by atoms with Crippen molar-refractivity contribution in [1.29, 1.82) is 0 Å². The van der Waals surface area contributed by atoms with E-state index in [4.69, 9.17) is 43.1 Å². The summed E-state index contributed by atoms with van der Waals surface area (Å²) in [6.45, 7) is 22.2. The Kier molecular flexibility index (Phi) is 25.7. The first-order valence-corrected chi connectivity index (χ1v) is 44.0. The average molecular weight is 1670 g/mol. The van der Waals surface area contributed by atoms with Crippen molar-refractivity contribution in [2.75, 3.05) is 153 Å². The van der Waals surface area contributed by atoms with Crippen LogP contribution < -0.4 is 40.9 Å². The van der Waals surface area contributed by atoms with Crippen LogP contribution in [0.4, 0.5) is 36.4 Å². The molecule has 0 spiro atoms. The first-order valence-electron chi connectivity index (χ1n) is 43.3. The summed E-state index contributed by atoms with van der Waals surface area (Å²) in [5.74, 6) is 3.43. The minimum atomic E-state index is -0.277. The molecule has 0 unspecified atom stereocenters. The van der Waals surface area contributed by atoms with Crippen LogP contribution in [0.5, 0.6) is 0 Å². The molecule has 0 aromatic carbocycles. The van der Waals surface area contributed by atoms with Crippen LogP contribution in [0.3, 0.4) is 0 Å². The van der Waals surface area contributed by atoms with Crippen molar-refractivity contribution in [2.45, 2.75) is 146 Å². The number of aryl methyl sites for hydroxylation is 3. The molecule has 632 valence electrons. The predicted molar refractivity (Wildman–Crippen MR) is 471 cm³/mol. The van der Waals surface area contributed by atoms with E-state index >= 15 is 8.78 Å². The van der Waals surface area contributed by atoms with E-state index in [1.54, 1.807) is 21.1 Å². The number of aromatic nitrogens is 12. The van der Waals surface area contributed by atoms with E-state index in [0.29, 0.717) is 27.7 Å². The van der Waals surface area contributed by atoms with Crippen LogP contribution in [0.2, 0.25) is 10.0 Å². The van der Waals surface area contributed by atoms with Gasteiger partial charge >= 0.3 is 0 Å². The van der Waals surface area contributed by atoms with E-state index in [2.05, 4.69) is 180 Å². The van der Waals surface area contributed by atoms with E-state index in [1.165, 1.54) is 29.1 Å². The molecule has 0 aliphatic carbocycles. The minimum absolute atomic E-state index is 0.00114. The van der Waals surface area contributed by atoms with Crippen LogP contribution in [0.1, 0.15) is 188 Å². The average Bonchev–Trinajstić information content (AvgIpc) is 1.62. The van der Waals surface area contributed by atoms with E-state index in [-0.39, 0.29) is 66.0 Å². The van der Waals surface area contributed by atoms with Crippen LogP contribution in [0.25, 0.3) is 22.6 Å². The molecule has 0 saturated carbocycles. The largest absolute Gasteiger partial charge is 0.355 e. The molecule has 29 heteroatoms. The fourth-order valence-electron chi connectivity index (χ4n) is 19.0. The van der Waals surface area contributed by atoms with Gasteiger partial charge in [-0.2, -0.15) is 8.78 Å². The fourth-order valence-corrected chi connectivity index (χ4v) is 19.5. The van der Waals surface area contributed by atoms with Crippen molar-refractivity contribution >= 4 is 69.1 Å². The number of pyridine rings is 8. The highest BCUT2D eigenvalue weighted by Crippen LogP contribution is 2.41. The van der Waals surface area contributed by atoms with Crippen molar-refractivity contribution in [2.24, 2.45) is 0 Å². The Morgan fingerprint density at radius 3 is 1.11 bits per heavy atom. The standard InChI is InChI=1S/C23H29ClN6.2C23H29FN6.C22H26ClFN6/c1-16-22(18-7-3-8-19(26-18)23-17(24)6-5-11-25-23)27-20-9-4-10-21(30(16)20)29-14-12-28(2)13-15-29;1-16-6-5-11-25-21(16)17-7-3-8-18(26-17)22-23(24)30-19(27-22)9-4-10-20(30)29-14-12-28(2)13-15-29;1-16-13-17(24)14-25-23(16)19-6-3-5-18(26-19)20-15-30-21(27-20)7-4-8-22(30)29-11-9-28(2)10-12-29;1-28-11-13-29(14-12-28)19-9-3-8-18-27-21(22(24)30(18)19)17-7-2-6-16(26-17)20-15(23)5-4-10-25-20/h4-6,9-11,18-19,26H,3,7-8,12-15H2,1-2H3;4-6,9-11,17-18,26H,3,7-8,12-15H2,1-2H3;4,7-8,13-15,18-19,26H,3,5-6,9-12H2,1-2H3;3-5,8-10,16-17,26H,2,6-7,11-14H2,1H3/t18-,19+;17-,18+;18-,19+;16-,17+/m1010/s1. The molecule has 0 amide bonds. The topological polar surface area (TPSA) is 195 Å². The van der Waals surface area contributed by atoms with Crippen LogP contribution in [0.15, 0.2) is 146 Å². The number of nitrogens with one attached hydrogen (secondary N) is 4. The SMILES string of the molecule is CN1CCN(c2cccc3nc([C@H]4CCC[C@@H](c5ncccc5Cl)N4)c(F)n23)CC1.Cc1c([C@H]2CCC[C@@H](c3ncccc3Cl)N2)nc2cccc(N3CCN(C)CC3)n12.Cc1cc(F)cnc1[C@@H]1CCC[C@H](c2cn3c(N4CCN(C)CC4)cccc3n2)N1.Cc1cccnc1[C@@H]1CCC[C@H](c2nc3cccc(N4CCN(C)CC4)n3c2F)N1. The third-order valence-electron chi connectivity index (χ3n) is 25.8. The van der Waals surface area contributed by atoms with Gasteiger partial charge in [-0.1, -0.05) is 53.5 Å². The number of imidazole rings is 4. The molecule has 24 nitrogen and oxygen atoms in total. The Balaban J connectivity index is 0.000000114. The van der Waals surface area contributed by atoms with Gasteiger partial charge in [-0.05, 0) is 222 Å². The molecule has 0 radical (unpaired) electrons. The summed E-state index contributed by atoms with van der Waals surface area (Å²) in [5, 5.41) is 16.1. The van der Waals surface area contributed by atoms with Gasteiger partial charge in [0.1, 0.15) is 63.1 Å². The summed E-state index contributed by atoms with van der Waals surface area (Å²) in [5.41, 5.74) is 13.6. The lowest BCUT2D eigenvalue weighted by Gasteiger charge is -2.34. The second kappa shape index (κ2) is 37.1. The number of piperidine rings is 4. The van der Waals surface area contributed by atoms with Crippen molar-refractivity contribution in [3.8, 4) is 0 Å². The molecule has 12 aromatic rings. The maximum absolute atomic E-state index is 15.7. The van der Waals surface area contributed by atoms with Gasteiger partial charge in [0.05, 0.1) is 98.7 Å². The number of rotatable bonds is 12. The highest BCUT2D eigenvalue weighted by molar-refractivity contribution is 6.31. The van der Waals surface area contributed by atoms with Gasteiger partial charge in [0.15, 0.2) is 0 Å². The molecule has 8 aliphatic rings. The molecule has 4 N–H and O–H groups in total. The lowest BCUT2D eigenvalue weighted by Crippen LogP contribution is -2.45. The molecule has 8 aliphatic heterocycles. The van der Waals surface area contributed by atoms with Crippen molar-refractivity contribution in [3.63, 3.8) is 0 Å². The molecule has 120 heavy (non-hydrogen) atoms. The number of piperazine rings is 4. The van der Waals surface area contributed by atoms with Crippen molar-refractivity contribution < 1.29 is 13.2 Å². The first kappa shape index (κ1) is 82.9. The highest BCUT2D eigenvalue weighted by atomic mass is 35.5. The zero-order valence-corrected chi connectivity index (χ0v) is 71.6. The second-order valence-corrected chi connectivity index (χ2v) is 34.8. The fraction of sp³-hybridized carbons (Fsp3) is 0.473. The number of nitrogens with zero attached hydrogens (tertiary/aromatic N) is 20. The quantitative estimate of drug-likeness (QED) is 0.0901. The van der Waals surface area contributed by atoms with Crippen LogP contribution in [-0.4, -0.2) is 210 Å². The number of likely N-dealkylation sites (N-methyl/N-ethyl adjacent to an activating group) is 4. The summed E-state index contributed by atoms with van der Waals surface area (Å²) in [6.07, 6.45) is 21.0. The number of halogens is 5. The van der Waals surface area contributed by atoms with Crippen LogP contribution in [0, 0.1) is 38.5 Å². The number of hydrogen-bond donors (Lipinski definition) is 4. The maximum atomic E-state index is 15.7. The molecular weight excluding hydrogens is 1560 g/mol. The van der Waals surface area contributed by atoms with E-state index in [9.17, 15) is 4.39 Å². The smallest absolute Gasteiger partial charge is 0.224 e. The molecule has 20 rings (SSSR count). The summed E-state index contributed by atoms with van der Waals surface area (Å²) < 4.78 is 52.8. The summed E-state index contributed by atoms with van der Waals surface area (Å²) in [4.78, 5) is 56.2. The third kappa shape index (κ3) is 18.0. The van der Waals surface area contributed by atoms with Crippen LogP contribution >= 0.6 is 23.2 Å². The van der Waals surface area contributed by atoms with E-state index in [1.807, 2.05) is 86.0 Å². The number of anilines is 4. The lowest BCUT2D eigenvalue weighted by atomic mass is 9.93. The predicted octanol–water partition coefficient (Wildman–Crippen LogP) is 14.8. The summed E-state index contributed by atoms with van der Waals surface area (Å²) in [7, 11) is 8.61. The third-order valence-corrected chi connectivity index (χ3v) is 26.4. The van der Waals surface area contributed by atoms with Gasteiger partial charge in [0.25, 0.3) is 0 Å². The van der Waals surface area contributed by atoms with Crippen molar-refractivity contribution in [1.82, 2.24) is 98.3 Å². The molecule has 0 bridgehead atoms. The van der Waals surface area contributed by atoms with Gasteiger partial charge in [-0.15, -0.1) is 0 Å². The molecular formula is C91H113Cl2F3N24. The number of fused-ring (bicyclic) bond motifs is 4. The Labute approximate surface area is 711 Å². The molecule has 8 saturated heterocycles. The second-order valence-electron chi connectivity index (χ2n) is 33.9. The molecule has 8 fully saturated rings. The molecule has 8 atom stereocenters. The molecule has 12 aromatic heterocycles. The van der Waals surface area contributed by atoms with Gasteiger partial charge < -0.3 is 60.5 Å². The maximum Gasteiger partial charge on any atom is 0.224 e. The van der Waals surface area contributed by atoms with Gasteiger partial charge in [-0.3, -0.25) is 37.5 Å². The number of hydrogen-bond acceptors (Lipinski definition) is 20. The first-order chi connectivity index (χ1) is 58.4. The Bertz CT molecular complexity index is 5110. The Morgan fingerprint density at radius 2 is 0.675 bits per heavy atom. The normalized spacial score (nSPS) is 23.2.